The van der Waals surface area contributed by atoms with Gasteiger partial charge in [-0.3, -0.25) is 4.79 Å². The van der Waals surface area contributed by atoms with Crippen molar-refractivity contribution in [3.8, 4) is 0 Å². The van der Waals surface area contributed by atoms with Crippen molar-refractivity contribution in [2.24, 2.45) is 10.9 Å². The lowest BCUT2D eigenvalue weighted by Crippen LogP contribution is -2.14. The van der Waals surface area contributed by atoms with Crippen LogP contribution in [0, 0.1) is 0 Å². The molecule has 0 aliphatic carbocycles. The number of hydrogen-bond acceptors (Lipinski definition) is 4. The maximum Gasteiger partial charge on any atom is 0.255 e. The number of benzene rings is 1. The molecule has 2 rings (SSSR count). The number of nitrogens with two attached hydrogens (primary N) is 1. The lowest BCUT2D eigenvalue weighted by molar-refractivity contribution is 0.102. The molecular formula is C12H11N3O2S. The monoisotopic (exact) mass is 261 g/mol. The van der Waals surface area contributed by atoms with Gasteiger partial charge in [0.1, 0.15) is 0 Å². The van der Waals surface area contributed by atoms with Gasteiger partial charge in [0.2, 0.25) is 0 Å². The van der Waals surface area contributed by atoms with Crippen molar-refractivity contribution in [3.05, 3.63) is 52.2 Å². The zero-order chi connectivity index (χ0) is 13.0. The Balaban J connectivity index is 2.12. The second-order valence-electron chi connectivity index (χ2n) is 3.53. The molecule has 4 N–H and O–H groups in total. The number of nitrogens with zero attached hydrogens (tertiary/aromatic N) is 1. The Morgan fingerprint density at radius 1 is 1.22 bits per heavy atom. The number of nitrogens with one attached hydrogen (secondary N) is 1. The normalized spacial score (nSPS) is 11.2. The molecule has 0 radical (unpaired) electrons. The predicted octanol–water partition coefficient (Wildman–Crippen LogP) is 2.09. The third-order valence-electron chi connectivity index (χ3n) is 2.33. The standard InChI is InChI=1S/C12H11N3O2S/c13-11(15-17)8-1-3-9(4-2-8)12(16)14-10-5-6-18-7-10/h1-7,17H,(H2,13,15)(H,14,16). The third kappa shape index (κ3) is 2.67. The van der Waals surface area contributed by atoms with Gasteiger partial charge in [0.15, 0.2) is 5.84 Å². The van der Waals surface area contributed by atoms with E-state index in [4.69, 9.17) is 10.9 Å². The van der Waals surface area contributed by atoms with E-state index in [9.17, 15) is 4.79 Å². The molecule has 5 nitrogen and oxygen atoms in total. The highest BCUT2D eigenvalue weighted by molar-refractivity contribution is 7.08. The average molecular weight is 261 g/mol. The van der Waals surface area contributed by atoms with E-state index in [1.807, 2.05) is 16.8 Å². The number of rotatable bonds is 3. The topological polar surface area (TPSA) is 87.7 Å². The number of thiophene rings is 1. The molecule has 0 aliphatic rings. The van der Waals surface area contributed by atoms with Crippen LogP contribution in [0.2, 0.25) is 0 Å². The Hall–Kier alpha value is -2.34. The second-order valence-corrected chi connectivity index (χ2v) is 4.31. The minimum absolute atomic E-state index is 0.0137. The molecule has 0 bridgehead atoms. The van der Waals surface area contributed by atoms with Gasteiger partial charge in [-0.05, 0) is 23.6 Å². The molecule has 0 atom stereocenters. The molecule has 1 amide bonds. The summed E-state index contributed by atoms with van der Waals surface area (Å²) in [6.45, 7) is 0. The molecule has 2 aromatic rings. The van der Waals surface area contributed by atoms with Crippen molar-refractivity contribution in [1.29, 1.82) is 0 Å². The van der Waals surface area contributed by atoms with Crippen molar-refractivity contribution in [2.75, 3.05) is 5.32 Å². The molecule has 0 spiro atoms. The maximum atomic E-state index is 11.8. The van der Waals surface area contributed by atoms with Crippen LogP contribution in [0.5, 0.6) is 0 Å². The van der Waals surface area contributed by atoms with Crippen LogP contribution in [0.25, 0.3) is 0 Å². The first-order chi connectivity index (χ1) is 8.70. The van der Waals surface area contributed by atoms with Gasteiger partial charge in [-0.1, -0.05) is 17.3 Å². The van der Waals surface area contributed by atoms with Crippen LogP contribution in [-0.2, 0) is 0 Å². The summed E-state index contributed by atoms with van der Waals surface area (Å²) >= 11 is 1.51. The maximum absolute atomic E-state index is 11.8. The molecule has 0 fully saturated rings. The highest BCUT2D eigenvalue weighted by Gasteiger charge is 2.07. The first-order valence-electron chi connectivity index (χ1n) is 5.12. The van der Waals surface area contributed by atoms with Gasteiger partial charge in [0.05, 0.1) is 5.69 Å². The largest absolute Gasteiger partial charge is 0.409 e. The summed E-state index contributed by atoms with van der Waals surface area (Å²) in [5.74, 6) is -0.181. The van der Waals surface area contributed by atoms with Crippen molar-refractivity contribution < 1.29 is 10.0 Å². The van der Waals surface area contributed by atoms with Gasteiger partial charge in [-0.15, -0.1) is 0 Å². The molecule has 0 saturated carbocycles. The zero-order valence-electron chi connectivity index (χ0n) is 9.33. The van der Waals surface area contributed by atoms with Crippen LogP contribution in [0.15, 0.2) is 46.2 Å². The highest BCUT2D eigenvalue weighted by atomic mass is 32.1. The van der Waals surface area contributed by atoms with Crippen LogP contribution in [0.4, 0.5) is 5.69 Å². The van der Waals surface area contributed by atoms with Crippen LogP contribution in [0.1, 0.15) is 15.9 Å². The summed E-state index contributed by atoms with van der Waals surface area (Å²) in [5, 5.41) is 17.9. The summed E-state index contributed by atoms with van der Waals surface area (Å²) in [6, 6.07) is 8.31. The fraction of sp³-hybridized carbons (Fsp3) is 0. The zero-order valence-corrected chi connectivity index (χ0v) is 10.1. The van der Waals surface area contributed by atoms with Gasteiger partial charge in [-0.25, -0.2) is 0 Å². The second kappa shape index (κ2) is 5.33. The predicted molar refractivity (Wildman–Crippen MR) is 71.2 cm³/mol. The highest BCUT2D eigenvalue weighted by Crippen LogP contribution is 2.13. The Labute approximate surface area is 108 Å². The molecule has 6 heteroatoms. The van der Waals surface area contributed by atoms with Crippen LogP contribution in [0.3, 0.4) is 0 Å². The lowest BCUT2D eigenvalue weighted by atomic mass is 10.1. The van der Waals surface area contributed by atoms with E-state index in [1.165, 1.54) is 11.3 Å². The van der Waals surface area contributed by atoms with E-state index in [0.29, 0.717) is 11.1 Å². The summed E-state index contributed by atoms with van der Waals surface area (Å²) in [6.07, 6.45) is 0. The Kier molecular flexibility index (Phi) is 3.59. The lowest BCUT2D eigenvalue weighted by Gasteiger charge is -2.04. The smallest absolute Gasteiger partial charge is 0.255 e. The molecule has 1 aromatic carbocycles. The van der Waals surface area contributed by atoms with E-state index in [2.05, 4.69) is 10.5 Å². The number of anilines is 1. The van der Waals surface area contributed by atoms with Gasteiger partial charge >= 0.3 is 0 Å². The first kappa shape index (κ1) is 12.1. The minimum atomic E-state index is -0.195. The van der Waals surface area contributed by atoms with Crippen LogP contribution >= 0.6 is 11.3 Å². The number of amides is 1. The van der Waals surface area contributed by atoms with Gasteiger partial charge < -0.3 is 16.3 Å². The summed E-state index contributed by atoms with van der Waals surface area (Å²) in [5.41, 5.74) is 7.27. The molecular weight excluding hydrogens is 250 g/mol. The van der Waals surface area contributed by atoms with Crippen molar-refractivity contribution in [1.82, 2.24) is 0 Å². The van der Waals surface area contributed by atoms with E-state index in [1.54, 1.807) is 24.3 Å². The number of carbonyl (C=O) groups excluding carboxylic acids is 1. The fourth-order valence-corrected chi connectivity index (χ4v) is 1.98. The van der Waals surface area contributed by atoms with E-state index < -0.39 is 0 Å². The van der Waals surface area contributed by atoms with Gasteiger partial charge in [0, 0.05) is 16.5 Å². The minimum Gasteiger partial charge on any atom is -0.409 e. The Morgan fingerprint density at radius 3 is 2.44 bits per heavy atom. The van der Waals surface area contributed by atoms with Crippen molar-refractivity contribution in [2.45, 2.75) is 0 Å². The fourth-order valence-electron chi connectivity index (χ4n) is 1.39. The summed E-state index contributed by atoms with van der Waals surface area (Å²) in [4.78, 5) is 11.8. The number of hydrogen-bond donors (Lipinski definition) is 3. The molecule has 1 heterocycles. The Bertz CT molecular complexity index is 562. The molecule has 92 valence electrons. The van der Waals surface area contributed by atoms with Crippen molar-refractivity contribution >= 4 is 28.8 Å². The molecule has 0 aliphatic heterocycles. The van der Waals surface area contributed by atoms with Gasteiger partial charge in [0.25, 0.3) is 5.91 Å². The van der Waals surface area contributed by atoms with Crippen LogP contribution < -0.4 is 11.1 Å². The molecule has 0 saturated heterocycles. The van der Waals surface area contributed by atoms with E-state index in [-0.39, 0.29) is 11.7 Å². The Morgan fingerprint density at radius 2 is 1.89 bits per heavy atom. The van der Waals surface area contributed by atoms with E-state index in [0.717, 1.165) is 5.69 Å². The van der Waals surface area contributed by atoms with Crippen molar-refractivity contribution in [3.63, 3.8) is 0 Å². The van der Waals surface area contributed by atoms with Gasteiger partial charge in [-0.2, -0.15) is 11.3 Å². The molecule has 18 heavy (non-hydrogen) atoms. The van der Waals surface area contributed by atoms with E-state index >= 15 is 0 Å². The summed E-state index contributed by atoms with van der Waals surface area (Å²) < 4.78 is 0. The SMILES string of the molecule is NC(=NO)c1ccc(C(=O)Nc2ccsc2)cc1. The third-order valence-corrected chi connectivity index (χ3v) is 3.01. The van der Waals surface area contributed by atoms with Crippen LogP contribution in [-0.4, -0.2) is 17.0 Å². The average Bonchev–Trinajstić information content (AvgIpc) is 2.91. The quantitative estimate of drug-likeness (QED) is 0.342. The molecule has 1 aromatic heterocycles. The first-order valence-corrected chi connectivity index (χ1v) is 6.06. The number of carbonyl (C=O) groups is 1. The number of amidine groups is 1. The number of oxime groups is 1. The molecule has 0 unspecified atom stereocenters. The summed E-state index contributed by atoms with van der Waals surface area (Å²) in [7, 11) is 0.